The minimum Gasteiger partial charge on any atom is -0.481 e. The highest BCUT2D eigenvalue weighted by Crippen LogP contribution is 2.35. The third-order valence-corrected chi connectivity index (χ3v) is 5.06. The van der Waals surface area contributed by atoms with Crippen LogP contribution in [0.5, 0.6) is 0 Å². The Morgan fingerprint density at radius 1 is 1.26 bits per heavy atom. The van der Waals surface area contributed by atoms with Crippen molar-refractivity contribution in [3.05, 3.63) is 41.4 Å². The Morgan fingerprint density at radius 3 is 2.61 bits per heavy atom. The summed E-state index contributed by atoms with van der Waals surface area (Å²) < 4.78 is 0. The molecule has 120 valence electrons. The van der Waals surface area contributed by atoms with Crippen LogP contribution in [-0.2, 0) is 16.0 Å². The van der Waals surface area contributed by atoms with Crippen LogP contribution in [0.25, 0.3) is 10.6 Å². The highest BCUT2D eigenvalue weighted by molar-refractivity contribution is 7.13. The maximum absolute atomic E-state index is 12.2. The number of carboxylic acid groups (broad SMARTS) is 1. The average Bonchev–Trinajstić information content (AvgIpc) is 2.93. The summed E-state index contributed by atoms with van der Waals surface area (Å²) in [6.45, 7) is 0. The second kappa shape index (κ2) is 6.50. The number of carbonyl (C=O) groups excluding carboxylic acids is 1. The molecule has 0 unspecified atom stereocenters. The van der Waals surface area contributed by atoms with Gasteiger partial charge in [-0.3, -0.25) is 9.59 Å². The number of rotatable bonds is 6. The number of amides is 1. The number of aliphatic carboxylic acids is 1. The Kier molecular flexibility index (Phi) is 4.43. The van der Waals surface area contributed by atoms with Gasteiger partial charge in [-0.15, -0.1) is 11.3 Å². The molecule has 1 aliphatic carbocycles. The van der Waals surface area contributed by atoms with Crippen LogP contribution < -0.4 is 5.32 Å². The van der Waals surface area contributed by atoms with Crippen molar-refractivity contribution in [2.45, 2.75) is 37.6 Å². The highest BCUT2D eigenvalue weighted by Gasteiger charge is 2.40. The second-order valence-electron chi connectivity index (χ2n) is 5.94. The number of aromatic nitrogens is 1. The molecule has 0 radical (unpaired) electrons. The van der Waals surface area contributed by atoms with E-state index in [1.54, 1.807) is 0 Å². The van der Waals surface area contributed by atoms with Crippen LogP contribution >= 0.6 is 11.3 Å². The second-order valence-corrected chi connectivity index (χ2v) is 6.80. The van der Waals surface area contributed by atoms with Crippen molar-refractivity contribution in [2.75, 3.05) is 0 Å². The molecule has 0 saturated heterocycles. The summed E-state index contributed by atoms with van der Waals surface area (Å²) in [6.07, 6.45) is 2.60. The van der Waals surface area contributed by atoms with Gasteiger partial charge in [-0.25, -0.2) is 4.98 Å². The molecule has 0 bridgehead atoms. The molecule has 1 aromatic carbocycles. The SMILES string of the molecule is O=C(O)CC1(NC(=O)Cc2csc(-c3ccccc3)n2)CCC1. The first-order valence-corrected chi connectivity index (χ1v) is 8.47. The number of hydrogen-bond donors (Lipinski definition) is 2. The first-order valence-electron chi connectivity index (χ1n) is 7.59. The van der Waals surface area contributed by atoms with Gasteiger partial charge in [0.15, 0.2) is 0 Å². The van der Waals surface area contributed by atoms with Gasteiger partial charge in [0.05, 0.1) is 24.1 Å². The van der Waals surface area contributed by atoms with Gasteiger partial charge in [0.25, 0.3) is 0 Å². The predicted octanol–water partition coefficient (Wildman–Crippen LogP) is 2.87. The van der Waals surface area contributed by atoms with E-state index in [9.17, 15) is 9.59 Å². The molecule has 23 heavy (non-hydrogen) atoms. The van der Waals surface area contributed by atoms with Crippen molar-refractivity contribution in [1.29, 1.82) is 0 Å². The van der Waals surface area contributed by atoms with Crippen molar-refractivity contribution in [3.8, 4) is 10.6 Å². The van der Waals surface area contributed by atoms with Crippen LogP contribution in [0.4, 0.5) is 0 Å². The molecule has 2 N–H and O–H groups in total. The van der Waals surface area contributed by atoms with Crippen LogP contribution in [-0.4, -0.2) is 27.5 Å². The lowest BCUT2D eigenvalue weighted by molar-refractivity contribution is -0.140. The fourth-order valence-corrected chi connectivity index (χ4v) is 3.67. The number of carbonyl (C=O) groups is 2. The van der Waals surface area contributed by atoms with Crippen molar-refractivity contribution in [3.63, 3.8) is 0 Å². The molecule has 3 rings (SSSR count). The molecule has 1 saturated carbocycles. The van der Waals surface area contributed by atoms with E-state index < -0.39 is 11.5 Å². The number of thiazole rings is 1. The Hall–Kier alpha value is -2.21. The zero-order chi connectivity index (χ0) is 16.3. The van der Waals surface area contributed by atoms with Gasteiger partial charge in [-0.05, 0) is 19.3 Å². The van der Waals surface area contributed by atoms with E-state index in [-0.39, 0.29) is 18.7 Å². The zero-order valence-electron chi connectivity index (χ0n) is 12.6. The zero-order valence-corrected chi connectivity index (χ0v) is 13.4. The summed E-state index contributed by atoms with van der Waals surface area (Å²) in [5.74, 6) is -1.03. The van der Waals surface area contributed by atoms with Gasteiger partial charge in [0.1, 0.15) is 5.01 Å². The Morgan fingerprint density at radius 2 is 2.00 bits per heavy atom. The van der Waals surface area contributed by atoms with E-state index in [0.29, 0.717) is 0 Å². The van der Waals surface area contributed by atoms with E-state index in [1.165, 1.54) is 11.3 Å². The minimum absolute atomic E-state index is 0.00886. The van der Waals surface area contributed by atoms with Gasteiger partial charge in [0, 0.05) is 10.9 Å². The van der Waals surface area contributed by atoms with Crippen LogP contribution in [0.15, 0.2) is 35.7 Å². The first-order chi connectivity index (χ1) is 11.1. The minimum atomic E-state index is -0.870. The molecule has 1 fully saturated rings. The fraction of sp³-hybridized carbons (Fsp3) is 0.353. The van der Waals surface area contributed by atoms with Gasteiger partial charge in [-0.1, -0.05) is 30.3 Å². The quantitative estimate of drug-likeness (QED) is 0.853. The molecule has 5 nitrogen and oxygen atoms in total. The maximum Gasteiger partial charge on any atom is 0.305 e. The topological polar surface area (TPSA) is 79.3 Å². The lowest BCUT2D eigenvalue weighted by Crippen LogP contribution is -2.55. The summed E-state index contributed by atoms with van der Waals surface area (Å²) >= 11 is 1.51. The molecular weight excluding hydrogens is 312 g/mol. The molecule has 1 aliphatic rings. The molecule has 0 aliphatic heterocycles. The number of carboxylic acids is 1. The monoisotopic (exact) mass is 330 g/mol. The number of benzene rings is 1. The maximum atomic E-state index is 12.2. The molecule has 1 heterocycles. The summed E-state index contributed by atoms with van der Waals surface area (Å²) in [4.78, 5) is 27.7. The van der Waals surface area contributed by atoms with Gasteiger partial charge < -0.3 is 10.4 Å². The first kappa shape index (κ1) is 15.7. The lowest BCUT2D eigenvalue weighted by Gasteiger charge is -2.41. The van der Waals surface area contributed by atoms with Gasteiger partial charge >= 0.3 is 5.97 Å². The predicted molar refractivity (Wildman–Crippen MR) is 88.2 cm³/mol. The molecule has 0 atom stereocenters. The summed E-state index contributed by atoms with van der Waals surface area (Å²) in [5, 5.41) is 14.7. The smallest absolute Gasteiger partial charge is 0.305 e. The van der Waals surface area contributed by atoms with Crippen LogP contribution in [0.3, 0.4) is 0 Å². The third-order valence-electron chi connectivity index (χ3n) is 4.12. The summed E-state index contributed by atoms with van der Waals surface area (Å²) in [7, 11) is 0. The largest absolute Gasteiger partial charge is 0.481 e. The van der Waals surface area contributed by atoms with Gasteiger partial charge in [-0.2, -0.15) is 0 Å². The number of nitrogens with one attached hydrogen (secondary N) is 1. The molecule has 1 amide bonds. The Bertz CT molecular complexity index is 708. The highest BCUT2D eigenvalue weighted by atomic mass is 32.1. The standard InChI is InChI=1S/C17H18N2O3S/c20-14(19-17(7-4-8-17)10-15(21)22)9-13-11-23-16(18-13)12-5-2-1-3-6-12/h1-3,5-6,11H,4,7-10H2,(H,19,20)(H,21,22). The molecule has 2 aromatic rings. The molecule has 6 heteroatoms. The van der Waals surface area contributed by atoms with Crippen molar-refractivity contribution >= 4 is 23.2 Å². The van der Waals surface area contributed by atoms with Crippen LogP contribution in [0.1, 0.15) is 31.4 Å². The number of hydrogen-bond acceptors (Lipinski definition) is 4. The van der Waals surface area contributed by atoms with E-state index in [0.717, 1.165) is 35.5 Å². The summed E-state index contributed by atoms with van der Waals surface area (Å²) in [5.41, 5.74) is 1.20. The molecular formula is C17H18N2O3S. The average molecular weight is 330 g/mol. The Labute approximate surface area is 138 Å². The van der Waals surface area contributed by atoms with E-state index in [2.05, 4.69) is 10.3 Å². The fourth-order valence-electron chi connectivity index (χ4n) is 2.84. The van der Waals surface area contributed by atoms with Crippen molar-refractivity contribution in [2.24, 2.45) is 0 Å². The van der Waals surface area contributed by atoms with E-state index >= 15 is 0 Å². The van der Waals surface area contributed by atoms with E-state index in [4.69, 9.17) is 5.11 Å². The lowest BCUT2D eigenvalue weighted by atomic mass is 9.74. The third kappa shape index (κ3) is 3.76. The van der Waals surface area contributed by atoms with Crippen molar-refractivity contribution < 1.29 is 14.7 Å². The molecule has 0 spiro atoms. The van der Waals surface area contributed by atoms with E-state index in [1.807, 2.05) is 35.7 Å². The Balaban J connectivity index is 1.62. The summed E-state index contributed by atoms with van der Waals surface area (Å²) in [6, 6.07) is 9.83. The number of nitrogens with zero attached hydrogens (tertiary/aromatic N) is 1. The van der Waals surface area contributed by atoms with Gasteiger partial charge in [0.2, 0.25) is 5.91 Å². The molecule has 1 aromatic heterocycles. The van der Waals surface area contributed by atoms with Crippen molar-refractivity contribution in [1.82, 2.24) is 10.3 Å². The normalized spacial score (nSPS) is 15.7. The van der Waals surface area contributed by atoms with Crippen LogP contribution in [0, 0.1) is 0 Å². The van der Waals surface area contributed by atoms with Crippen LogP contribution in [0.2, 0.25) is 0 Å².